The standard InChI is InChI=1S/C20H27N3O5S/c1-6-11-27-19(26)23-9-7-14(8-10-23)17-21-15(13-29-17)18(25)22(5)12-16(24)28-20(2,3)4/h1,13-14H,7-12H2,2-5H3. The Labute approximate surface area is 175 Å². The lowest BCUT2D eigenvalue weighted by Crippen LogP contribution is -2.38. The lowest BCUT2D eigenvalue weighted by atomic mass is 9.98. The second kappa shape index (κ2) is 9.74. The van der Waals surface area contributed by atoms with Gasteiger partial charge in [-0.3, -0.25) is 9.59 Å². The maximum Gasteiger partial charge on any atom is 0.410 e. The van der Waals surface area contributed by atoms with Gasteiger partial charge in [0.05, 0.1) is 5.01 Å². The number of esters is 1. The molecule has 1 aromatic rings. The Bertz CT molecular complexity index is 785. The van der Waals surface area contributed by atoms with Gasteiger partial charge in [0.2, 0.25) is 0 Å². The Morgan fingerprint density at radius 1 is 1.34 bits per heavy atom. The zero-order valence-electron chi connectivity index (χ0n) is 17.3. The molecule has 1 fully saturated rings. The molecule has 0 spiro atoms. The van der Waals surface area contributed by atoms with Gasteiger partial charge >= 0.3 is 12.1 Å². The van der Waals surface area contributed by atoms with Crippen molar-refractivity contribution in [3.63, 3.8) is 0 Å². The number of carbonyl (C=O) groups excluding carboxylic acids is 3. The molecule has 2 amide bonds. The quantitative estimate of drug-likeness (QED) is 0.536. The maximum absolute atomic E-state index is 12.6. The van der Waals surface area contributed by atoms with Crippen molar-refractivity contribution in [1.82, 2.24) is 14.8 Å². The number of nitrogens with zero attached hydrogens (tertiary/aromatic N) is 3. The number of ether oxygens (including phenoxy) is 2. The fraction of sp³-hybridized carbons (Fsp3) is 0.600. The van der Waals surface area contributed by atoms with Gasteiger partial charge in [0.15, 0.2) is 6.61 Å². The summed E-state index contributed by atoms with van der Waals surface area (Å²) in [5.74, 6) is 1.66. The zero-order chi connectivity index (χ0) is 21.6. The number of aromatic nitrogens is 1. The third kappa shape index (κ3) is 6.75. The molecular weight excluding hydrogens is 394 g/mol. The van der Waals surface area contributed by atoms with Crippen LogP contribution in [-0.2, 0) is 14.3 Å². The van der Waals surface area contributed by atoms with E-state index in [0.29, 0.717) is 18.8 Å². The molecular formula is C20H27N3O5S. The van der Waals surface area contributed by atoms with Crippen LogP contribution in [0.15, 0.2) is 5.38 Å². The van der Waals surface area contributed by atoms with Gasteiger partial charge in [0.1, 0.15) is 17.8 Å². The first-order valence-corrected chi connectivity index (χ1v) is 10.3. The molecule has 8 nitrogen and oxygen atoms in total. The largest absolute Gasteiger partial charge is 0.459 e. The van der Waals surface area contributed by atoms with Crippen LogP contribution < -0.4 is 0 Å². The summed E-state index contributed by atoms with van der Waals surface area (Å²) in [5.41, 5.74) is -0.288. The summed E-state index contributed by atoms with van der Waals surface area (Å²) in [6.45, 7) is 6.26. The van der Waals surface area contributed by atoms with Crippen LogP contribution >= 0.6 is 11.3 Å². The van der Waals surface area contributed by atoms with Crippen molar-refractivity contribution in [2.45, 2.75) is 45.1 Å². The Balaban J connectivity index is 1.89. The number of terminal acetylenes is 1. The van der Waals surface area contributed by atoms with Crippen LogP contribution in [-0.4, -0.2) is 71.6 Å². The summed E-state index contributed by atoms with van der Waals surface area (Å²) in [6.07, 6.45) is 6.17. The molecule has 1 aliphatic rings. The zero-order valence-corrected chi connectivity index (χ0v) is 18.1. The van der Waals surface area contributed by atoms with Crippen molar-refractivity contribution in [3.8, 4) is 12.3 Å². The molecule has 1 saturated heterocycles. The minimum atomic E-state index is -0.600. The van der Waals surface area contributed by atoms with E-state index in [-0.39, 0.29) is 25.0 Å². The summed E-state index contributed by atoms with van der Waals surface area (Å²) in [6, 6.07) is 0. The number of hydrogen-bond donors (Lipinski definition) is 0. The van der Waals surface area contributed by atoms with Gasteiger partial charge in [-0.25, -0.2) is 9.78 Å². The highest BCUT2D eigenvalue weighted by Crippen LogP contribution is 2.30. The molecule has 0 bridgehead atoms. The van der Waals surface area contributed by atoms with Gasteiger partial charge in [-0.05, 0) is 33.6 Å². The van der Waals surface area contributed by atoms with E-state index >= 15 is 0 Å². The molecule has 1 aliphatic heterocycles. The number of thiazole rings is 1. The number of rotatable bonds is 5. The monoisotopic (exact) mass is 421 g/mol. The normalized spacial score (nSPS) is 14.8. The van der Waals surface area contributed by atoms with E-state index in [1.165, 1.54) is 16.2 Å². The number of carbonyl (C=O) groups is 3. The van der Waals surface area contributed by atoms with Crippen LogP contribution in [0.4, 0.5) is 4.79 Å². The molecule has 0 saturated carbocycles. The summed E-state index contributed by atoms with van der Waals surface area (Å²) < 4.78 is 10.2. The number of piperidine rings is 1. The van der Waals surface area contributed by atoms with Gasteiger partial charge in [-0.15, -0.1) is 17.8 Å². The highest BCUT2D eigenvalue weighted by atomic mass is 32.1. The molecule has 0 aromatic carbocycles. The van der Waals surface area contributed by atoms with Gasteiger partial charge < -0.3 is 19.3 Å². The molecule has 158 valence electrons. The van der Waals surface area contributed by atoms with Crippen LogP contribution in [0.1, 0.15) is 55.0 Å². The number of likely N-dealkylation sites (tertiary alicyclic amines) is 1. The SMILES string of the molecule is C#CCOC(=O)N1CCC(c2nc(C(=O)N(C)CC(=O)OC(C)(C)C)cs2)CC1. The van der Waals surface area contributed by atoms with Crippen LogP contribution in [0.2, 0.25) is 0 Å². The Kier molecular flexibility index (Phi) is 7.62. The topological polar surface area (TPSA) is 89.0 Å². The van der Waals surface area contributed by atoms with Gasteiger partial charge in [-0.2, -0.15) is 0 Å². The fourth-order valence-electron chi connectivity index (χ4n) is 2.91. The molecule has 0 radical (unpaired) electrons. The summed E-state index contributed by atoms with van der Waals surface area (Å²) >= 11 is 1.42. The summed E-state index contributed by atoms with van der Waals surface area (Å²) in [7, 11) is 1.55. The molecule has 0 N–H and O–H groups in total. The van der Waals surface area contributed by atoms with Crippen LogP contribution in [0.25, 0.3) is 0 Å². The van der Waals surface area contributed by atoms with Crippen molar-refractivity contribution >= 4 is 29.3 Å². The molecule has 2 heterocycles. The Hall–Kier alpha value is -2.60. The minimum absolute atomic E-state index is 0.0342. The predicted molar refractivity (Wildman–Crippen MR) is 109 cm³/mol. The van der Waals surface area contributed by atoms with Crippen molar-refractivity contribution in [2.24, 2.45) is 0 Å². The summed E-state index contributed by atoms with van der Waals surface area (Å²) in [5, 5.41) is 2.56. The maximum atomic E-state index is 12.6. The Morgan fingerprint density at radius 2 is 2.00 bits per heavy atom. The lowest BCUT2D eigenvalue weighted by Gasteiger charge is -2.30. The average Bonchev–Trinajstić information content (AvgIpc) is 3.14. The van der Waals surface area contributed by atoms with Crippen molar-refractivity contribution in [3.05, 3.63) is 16.1 Å². The van der Waals surface area contributed by atoms with Gasteiger partial charge in [-0.1, -0.05) is 5.92 Å². The van der Waals surface area contributed by atoms with E-state index in [0.717, 1.165) is 17.8 Å². The second-order valence-corrected chi connectivity index (χ2v) is 8.73. The van der Waals surface area contributed by atoms with Crippen LogP contribution in [0.3, 0.4) is 0 Å². The predicted octanol–water partition coefficient (Wildman–Crippen LogP) is 2.51. The van der Waals surface area contributed by atoms with E-state index in [4.69, 9.17) is 15.9 Å². The highest BCUT2D eigenvalue weighted by molar-refractivity contribution is 7.09. The van der Waals surface area contributed by atoms with E-state index < -0.39 is 17.7 Å². The van der Waals surface area contributed by atoms with E-state index in [2.05, 4.69) is 10.9 Å². The highest BCUT2D eigenvalue weighted by Gasteiger charge is 2.28. The smallest absolute Gasteiger partial charge is 0.410 e. The summed E-state index contributed by atoms with van der Waals surface area (Å²) in [4.78, 5) is 43.7. The number of amides is 2. The van der Waals surface area contributed by atoms with Crippen molar-refractivity contribution in [1.29, 1.82) is 0 Å². The van der Waals surface area contributed by atoms with Crippen molar-refractivity contribution < 1.29 is 23.9 Å². The first kappa shape index (κ1) is 22.7. The lowest BCUT2D eigenvalue weighted by molar-refractivity contribution is -0.155. The second-order valence-electron chi connectivity index (χ2n) is 7.84. The minimum Gasteiger partial charge on any atom is -0.459 e. The van der Waals surface area contributed by atoms with Gasteiger partial charge in [0.25, 0.3) is 5.91 Å². The molecule has 0 atom stereocenters. The molecule has 2 rings (SSSR count). The van der Waals surface area contributed by atoms with E-state index in [9.17, 15) is 14.4 Å². The Morgan fingerprint density at radius 3 is 2.59 bits per heavy atom. The fourth-order valence-corrected chi connectivity index (χ4v) is 3.88. The first-order chi connectivity index (χ1) is 13.6. The molecule has 9 heteroatoms. The van der Waals surface area contributed by atoms with E-state index in [1.54, 1.807) is 38.1 Å². The van der Waals surface area contributed by atoms with Gasteiger partial charge in [0, 0.05) is 31.4 Å². The third-order valence-electron chi connectivity index (χ3n) is 4.26. The number of likely N-dealkylation sites (N-methyl/N-ethyl adjacent to an activating group) is 1. The average molecular weight is 422 g/mol. The first-order valence-electron chi connectivity index (χ1n) is 9.38. The van der Waals surface area contributed by atoms with E-state index in [1.807, 2.05) is 0 Å². The number of hydrogen-bond acceptors (Lipinski definition) is 7. The van der Waals surface area contributed by atoms with Crippen LogP contribution in [0, 0.1) is 12.3 Å². The molecule has 0 unspecified atom stereocenters. The van der Waals surface area contributed by atoms with Crippen molar-refractivity contribution in [2.75, 3.05) is 33.3 Å². The molecule has 1 aromatic heterocycles. The van der Waals surface area contributed by atoms with Crippen LogP contribution in [0.5, 0.6) is 0 Å². The third-order valence-corrected chi connectivity index (χ3v) is 5.26. The molecule has 29 heavy (non-hydrogen) atoms. The molecule has 0 aliphatic carbocycles.